The maximum Gasteiger partial charge on any atom is 0.279 e. The van der Waals surface area contributed by atoms with Gasteiger partial charge in [0.2, 0.25) is 0 Å². The molecule has 0 N–H and O–H groups in total. The van der Waals surface area contributed by atoms with E-state index in [4.69, 9.17) is 4.74 Å². The van der Waals surface area contributed by atoms with E-state index < -0.39 is 5.91 Å². The van der Waals surface area contributed by atoms with Gasteiger partial charge in [0.1, 0.15) is 17.1 Å². The molecule has 1 heterocycles. The molecule has 0 fully saturated rings. The van der Waals surface area contributed by atoms with Crippen LogP contribution in [-0.4, -0.2) is 17.6 Å². The van der Waals surface area contributed by atoms with Gasteiger partial charge >= 0.3 is 0 Å². The highest BCUT2D eigenvalue weighted by atomic mass is 32.1. The number of methoxy groups -OCH3 is 1. The van der Waals surface area contributed by atoms with Crippen LogP contribution in [0.2, 0.25) is 0 Å². The number of amides is 1. The molecule has 22 heavy (non-hydrogen) atoms. The molecule has 4 nitrogen and oxygen atoms in total. The van der Waals surface area contributed by atoms with Gasteiger partial charge in [-0.25, -0.2) is 4.39 Å². The van der Waals surface area contributed by atoms with Crippen LogP contribution in [0.5, 0.6) is 5.75 Å². The Balaban J connectivity index is 2.11. The summed E-state index contributed by atoms with van der Waals surface area (Å²) in [6.45, 7) is 0. The topological polar surface area (TPSA) is 43.6 Å². The molecule has 0 aliphatic heterocycles. The number of para-hydroxylation sites is 1. The van der Waals surface area contributed by atoms with E-state index in [1.165, 1.54) is 35.6 Å². The minimum Gasteiger partial charge on any atom is -0.495 e. The van der Waals surface area contributed by atoms with Crippen molar-refractivity contribution in [3.05, 3.63) is 58.6 Å². The monoisotopic (exact) mass is 316 g/mol. The van der Waals surface area contributed by atoms with Crippen LogP contribution in [0, 0.1) is 5.82 Å². The maximum atomic E-state index is 12.9. The molecule has 0 bridgehead atoms. The Kier molecular flexibility index (Phi) is 3.77. The second kappa shape index (κ2) is 5.73. The molecule has 1 aromatic heterocycles. The first kappa shape index (κ1) is 14.5. The quantitative estimate of drug-likeness (QED) is 0.729. The van der Waals surface area contributed by atoms with Crippen molar-refractivity contribution in [2.45, 2.75) is 0 Å². The van der Waals surface area contributed by atoms with Gasteiger partial charge in [0.25, 0.3) is 5.91 Å². The van der Waals surface area contributed by atoms with Gasteiger partial charge in [0.15, 0.2) is 4.80 Å². The highest BCUT2D eigenvalue weighted by Crippen LogP contribution is 2.26. The standard InChI is InChI=1S/C16H13FN2O2S/c1-19-14-12(21-2)4-3-5-13(14)22-16(19)18-15(20)10-6-8-11(17)9-7-10/h3-9H,1-2H3. The molecule has 0 spiro atoms. The van der Waals surface area contributed by atoms with Crippen LogP contribution < -0.4 is 9.54 Å². The molecule has 112 valence electrons. The van der Waals surface area contributed by atoms with E-state index in [1.54, 1.807) is 7.11 Å². The molecule has 1 amide bonds. The van der Waals surface area contributed by atoms with Gasteiger partial charge < -0.3 is 9.30 Å². The van der Waals surface area contributed by atoms with E-state index in [2.05, 4.69) is 4.99 Å². The van der Waals surface area contributed by atoms with Crippen LogP contribution in [0.3, 0.4) is 0 Å². The fourth-order valence-corrected chi connectivity index (χ4v) is 3.22. The molecular weight excluding hydrogens is 303 g/mol. The van der Waals surface area contributed by atoms with Crippen molar-refractivity contribution in [2.24, 2.45) is 12.0 Å². The second-order valence-corrected chi connectivity index (χ2v) is 5.68. The Morgan fingerprint density at radius 1 is 1.23 bits per heavy atom. The van der Waals surface area contributed by atoms with Crippen molar-refractivity contribution in [1.29, 1.82) is 0 Å². The average molecular weight is 316 g/mol. The van der Waals surface area contributed by atoms with E-state index in [0.717, 1.165) is 16.0 Å². The van der Waals surface area contributed by atoms with E-state index >= 15 is 0 Å². The summed E-state index contributed by atoms with van der Waals surface area (Å²) in [4.78, 5) is 16.9. The molecule has 0 aliphatic rings. The molecule has 0 atom stereocenters. The molecule has 0 radical (unpaired) electrons. The number of aromatic nitrogens is 1. The molecule has 3 aromatic rings. The summed E-state index contributed by atoms with van der Waals surface area (Å²) >= 11 is 1.40. The van der Waals surface area contributed by atoms with Crippen molar-refractivity contribution in [2.75, 3.05) is 7.11 Å². The van der Waals surface area contributed by atoms with Crippen LogP contribution in [0.1, 0.15) is 10.4 Å². The average Bonchev–Trinajstić information content (AvgIpc) is 2.84. The lowest BCUT2D eigenvalue weighted by atomic mass is 10.2. The van der Waals surface area contributed by atoms with Crippen LogP contribution >= 0.6 is 11.3 Å². The van der Waals surface area contributed by atoms with Gasteiger partial charge in [-0.1, -0.05) is 17.4 Å². The molecule has 0 aliphatic carbocycles. The third kappa shape index (κ3) is 2.53. The lowest BCUT2D eigenvalue weighted by molar-refractivity contribution is 0.0998. The molecule has 0 unspecified atom stereocenters. The SMILES string of the molecule is COc1cccc2sc(=NC(=O)c3ccc(F)cc3)n(C)c12. The Morgan fingerprint density at radius 3 is 2.64 bits per heavy atom. The maximum absolute atomic E-state index is 12.9. The normalized spacial score (nSPS) is 11.9. The van der Waals surface area contributed by atoms with Crippen molar-refractivity contribution < 1.29 is 13.9 Å². The van der Waals surface area contributed by atoms with Gasteiger partial charge in [-0.05, 0) is 36.4 Å². The summed E-state index contributed by atoms with van der Waals surface area (Å²) < 4.78 is 21.0. The lowest BCUT2D eigenvalue weighted by Crippen LogP contribution is -2.13. The number of halogens is 1. The van der Waals surface area contributed by atoms with E-state index in [9.17, 15) is 9.18 Å². The first-order valence-corrected chi connectivity index (χ1v) is 7.39. The summed E-state index contributed by atoms with van der Waals surface area (Å²) in [7, 11) is 3.44. The first-order valence-electron chi connectivity index (χ1n) is 6.57. The third-order valence-corrected chi connectivity index (χ3v) is 4.39. The molecule has 6 heteroatoms. The van der Waals surface area contributed by atoms with Crippen LogP contribution in [0.15, 0.2) is 47.5 Å². The van der Waals surface area contributed by atoms with Crippen LogP contribution in [-0.2, 0) is 7.05 Å². The minimum absolute atomic E-state index is 0.353. The molecule has 3 rings (SSSR count). The molecule has 0 saturated carbocycles. The van der Waals surface area contributed by atoms with Crippen molar-refractivity contribution in [1.82, 2.24) is 4.57 Å². The summed E-state index contributed by atoms with van der Waals surface area (Å²) in [6, 6.07) is 11.0. The van der Waals surface area contributed by atoms with Crippen molar-refractivity contribution >= 4 is 27.5 Å². The number of fused-ring (bicyclic) bond motifs is 1. The summed E-state index contributed by atoms with van der Waals surface area (Å²) in [5, 5.41) is 0. The Bertz CT molecular complexity index is 910. The number of carbonyl (C=O) groups is 1. The van der Waals surface area contributed by atoms with Crippen molar-refractivity contribution in [3.8, 4) is 5.75 Å². The highest BCUT2D eigenvalue weighted by molar-refractivity contribution is 7.16. The van der Waals surface area contributed by atoms with Gasteiger partial charge in [0, 0.05) is 12.6 Å². The summed E-state index contributed by atoms with van der Waals surface area (Å²) in [5.41, 5.74) is 1.24. The van der Waals surface area contributed by atoms with E-state index in [-0.39, 0.29) is 5.82 Å². The summed E-state index contributed by atoms with van der Waals surface area (Å²) in [5.74, 6) is -0.0539. The third-order valence-electron chi connectivity index (χ3n) is 3.29. The van der Waals surface area contributed by atoms with Gasteiger partial charge in [-0.2, -0.15) is 4.99 Å². The molecule has 0 saturated heterocycles. The molecular formula is C16H13FN2O2S. The van der Waals surface area contributed by atoms with E-state index in [1.807, 2.05) is 29.8 Å². The Morgan fingerprint density at radius 2 is 1.95 bits per heavy atom. The Labute approximate surface area is 130 Å². The predicted octanol–water partition coefficient (Wildman–Crippen LogP) is 3.13. The lowest BCUT2D eigenvalue weighted by Gasteiger charge is -2.03. The second-order valence-electron chi connectivity index (χ2n) is 4.67. The minimum atomic E-state index is -0.402. The largest absolute Gasteiger partial charge is 0.495 e. The number of carbonyl (C=O) groups excluding carboxylic acids is 1. The van der Waals surface area contributed by atoms with Crippen LogP contribution in [0.25, 0.3) is 10.2 Å². The number of hydrogen-bond donors (Lipinski definition) is 0. The number of ether oxygens (including phenoxy) is 1. The number of thiazole rings is 1. The zero-order chi connectivity index (χ0) is 15.7. The fourth-order valence-electron chi connectivity index (χ4n) is 2.18. The molecule has 2 aromatic carbocycles. The predicted molar refractivity (Wildman–Crippen MR) is 83.6 cm³/mol. The zero-order valence-electron chi connectivity index (χ0n) is 12.0. The highest BCUT2D eigenvalue weighted by Gasteiger charge is 2.10. The number of hydrogen-bond acceptors (Lipinski definition) is 3. The fraction of sp³-hybridized carbons (Fsp3) is 0.125. The number of benzene rings is 2. The zero-order valence-corrected chi connectivity index (χ0v) is 12.9. The van der Waals surface area contributed by atoms with Crippen LogP contribution in [0.4, 0.5) is 4.39 Å². The van der Waals surface area contributed by atoms with E-state index in [0.29, 0.717) is 10.4 Å². The summed E-state index contributed by atoms with van der Waals surface area (Å²) in [6.07, 6.45) is 0. The number of rotatable bonds is 2. The Hall–Kier alpha value is -2.47. The smallest absolute Gasteiger partial charge is 0.279 e. The van der Waals surface area contributed by atoms with Gasteiger partial charge in [-0.3, -0.25) is 4.79 Å². The first-order chi connectivity index (χ1) is 10.6. The van der Waals surface area contributed by atoms with Gasteiger partial charge in [0.05, 0.1) is 11.8 Å². The van der Waals surface area contributed by atoms with Gasteiger partial charge in [-0.15, -0.1) is 0 Å². The number of aryl methyl sites for hydroxylation is 1. The van der Waals surface area contributed by atoms with Crippen molar-refractivity contribution in [3.63, 3.8) is 0 Å². The number of nitrogens with zero attached hydrogens (tertiary/aromatic N) is 2.